The van der Waals surface area contributed by atoms with Crippen LogP contribution in [0.4, 0.5) is 0 Å². The van der Waals surface area contributed by atoms with E-state index in [1.165, 1.54) is 31.3 Å². The molecule has 0 amide bonds. The molecule has 0 radical (unpaired) electrons. The third-order valence-corrected chi connectivity index (χ3v) is 3.80. The minimum atomic E-state index is 0.511. The molecule has 0 aromatic carbocycles. The summed E-state index contributed by atoms with van der Waals surface area (Å²) in [5, 5.41) is 0. The molecule has 0 aromatic heterocycles. The Morgan fingerprint density at radius 1 is 1.62 bits per heavy atom. The van der Waals surface area contributed by atoms with Gasteiger partial charge in [-0.05, 0) is 32.2 Å². The smallest absolute Gasteiger partial charge is 0.0591 e. The first-order valence-electron chi connectivity index (χ1n) is 5.50. The third kappa shape index (κ3) is 1.34. The highest BCUT2D eigenvalue weighted by atomic mass is 15.5. The summed E-state index contributed by atoms with van der Waals surface area (Å²) in [5.74, 6) is 0.845. The largest absolute Gasteiger partial charge is 0.290 e. The maximum atomic E-state index is 4.24. The summed E-state index contributed by atoms with van der Waals surface area (Å²) in [7, 11) is 2.22. The molecule has 2 fully saturated rings. The number of likely N-dealkylation sites (N-methyl/N-ethyl adjacent to an activating group) is 1. The summed E-state index contributed by atoms with van der Waals surface area (Å²) in [4.78, 5) is 2.46. The molecular weight excluding hydrogens is 158 g/mol. The molecule has 0 N–H and O–H groups in total. The van der Waals surface area contributed by atoms with Crippen LogP contribution in [-0.2, 0) is 0 Å². The van der Waals surface area contributed by atoms with E-state index in [1.807, 2.05) is 0 Å². The van der Waals surface area contributed by atoms with Crippen LogP contribution in [0.15, 0.2) is 12.2 Å². The van der Waals surface area contributed by atoms with Gasteiger partial charge in [-0.3, -0.25) is 4.90 Å². The second kappa shape index (κ2) is 2.84. The van der Waals surface area contributed by atoms with E-state index in [4.69, 9.17) is 0 Å². The van der Waals surface area contributed by atoms with Crippen molar-refractivity contribution >= 4 is 0 Å². The Morgan fingerprint density at radius 2 is 2.23 bits per heavy atom. The van der Waals surface area contributed by atoms with Gasteiger partial charge in [0.25, 0.3) is 0 Å². The van der Waals surface area contributed by atoms with Gasteiger partial charge in [-0.1, -0.05) is 32.4 Å². The Morgan fingerprint density at radius 3 is 2.62 bits per heavy atom. The molecule has 0 bridgehead atoms. The predicted molar refractivity (Wildman–Crippen MR) is 56.7 cm³/mol. The average molecular weight is 179 g/mol. The lowest BCUT2D eigenvalue weighted by Crippen LogP contribution is -2.14. The fraction of sp³-hybridized carbons (Fsp3) is 0.833. The van der Waals surface area contributed by atoms with Crippen LogP contribution in [0.25, 0.3) is 0 Å². The number of hydrogen-bond acceptors (Lipinski definition) is 1. The highest BCUT2D eigenvalue weighted by Gasteiger charge is 2.76. The van der Waals surface area contributed by atoms with Crippen molar-refractivity contribution in [2.75, 3.05) is 7.05 Å². The van der Waals surface area contributed by atoms with Crippen molar-refractivity contribution in [1.82, 2.24) is 4.90 Å². The topological polar surface area (TPSA) is 3.01 Å². The fourth-order valence-electron chi connectivity index (χ4n) is 2.52. The first kappa shape index (κ1) is 9.26. The lowest BCUT2D eigenvalue weighted by atomic mass is 10.00. The van der Waals surface area contributed by atoms with Gasteiger partial charge in [0.2, 0.25) is 0 Å². The van der Waals surface area contributed by atoms with Gasteiger partial charge in [0.1, 0.15) is 0 Å². The number of fused-ring (bicyclic) bond motifs is 1. The normalized spacial score (nSPS) is 40.3. The lowest BCUT2D eigenvalue weighted by molar-refractivity contribution is 0.431. The Balaban J connectivity index is 1.69. The van der Waals surface area contributed by atoms with Gasteiger partial charge in [-0.2, -0.15) is 0 Å². The van der Waals surface area contributed by atoms with Crippen LogP contribution in [-0.4, -0.2) is 23.5 Å². The van der Waals surface area contributed by atoms with E-state index in [1.54, 1.807) is 0 Å². The van der Waals surface area contributed by atoms with Crippen molar-refractivity contribution < 1.29 is 0 Å². The van der Waals surface area contributed by atoms with Crippen molar-refractivity contribution in [3.05, 3.63) is 12.2 Å². The van der Waals surface area contributed by atoms with Crippen LogP contribution in [0.3, 0.4) is 0 Å². The maximum Gasteiger partial charge on any atom is 0.0591 e. The monoisotopic (exact) mass is 179 g/mol. The zero-order chi connectivity index (χ0) is 9.64. The van der Waals surface area contributed by atoms with Crippen molar-refractivity contribution in [3.8, 4) is 0 Å². The van der Waals surface area contributed by atoms with Gasteiger partial charge in [0.05, 0.1) is 5.54 Å². The second-order valence-corrected chi connectivity index (χ2v) is 5.14. The molecule has 1 aliphatic carbocycles. The first-order valence-corrected chi connectivity index (χ1v) is 5.50. The molecule has 1 aliphatic heterocycles. The van der Waals surface area contributed by atoms with Crippen molar-refractivity contribution in [1.29, 1.82) is 0 Å². The standard InChI is InChI=1S/C12H21N/c1-9(2)6-5-7-10(3)12-8-11(12)13(12)4/h9,11H,3,5-8H2,1-2,4H3. The second-order valence-electron chi connectivity index (χ2n) is 5.14. The van der Waals surface area contributed by atoms with Gasteiger partial charge < -0.3 is 0 Å². The Kier molecular flexibility index (Phi) is 2.03. The Hall–Kier alpha value is -0.300. The summed E-state index contributed by atoms with van der Waals surface area (Å²) in [6, 6.07) is 0.888. The van der Waals surface area contributed by atoms with E-state index in [9.17, 15) is 0 Å². The van der Waals surface area contributed by atoms with E-state index >= 15 is 0 Å². The molecule has 1 heteroatoms. The van der Waals surface area contributed by atoms with E-state index in [0.29, 0.717) is 5.54 Å². The van der Waals surface area contributed by atoms with E-state index in [0.717, 1.165) is 12.0 Å². The molecule has 1 saturated carbocycles. The molecule has 0 aromatic rings. The fourth-order valence-corrected chi connectivity index (χ4v) is 2.52. The van der Waals surface area contributed by atoms with Crippen LogP contribution in [0.1, 0.15) is 39.5 Å². The third-order valence-electron chi connectivity index (χ3n) is 3.80. The molecular formula is C12H21N. The van der Waals surface area contributed by atoms with Gasteiger partial charge in [0, 0.05) is 6.04 Å². The van der Waals surface area contributed by atoms with Crippen LogP contribution in [0, 0.1) is 5.92 Å². The van der Waals surface area contributed by atoms with Gasteiger partial charge in [0.15, 0.2) is 0 Å². The first-order chi connectivity index (χ1) is 6.09. The quantitative estimate of drug-likeness (QED) is 0.463. The van der Waals surface area contributed by atoms with Gasteiger partial charge in [-0.25, -0.2) is 0 Å². The Bertz CT molecular complexity index is 225. The number of hydrogen-bond donors (Lipinski definition) is 0. The SMILES string of the molecule is C=C(CCCC(C)C)C12CC1N2C. The van der Waals surface area contributed by atoms with Crippen LogP contribution in [0.2, 0.25) is 0 Å². The van der Waals surface area contributed by atoms with Gasteiger partial charge >= 0.3 is 0 Å². The molecule has 0 spiro atoms. The maximum absolute atomic E-state index is 4.24. The molecule has 1 saturated heterocycles. The Labute approximate surface area is 81.8 Å². The highest BCUT2D eigenvalue weighted by Crippen LogP contribution is 2.66. The molecule has 3 atom stereocenters. The summed E-state index contributed by atoms with van der Waals surface area (Å²) >= 11 is 0. The molecule has 2 aliphatic rings. The van der Waals surface area contributed by atoms with E-state index in [2.05, 4.69) is 32.4 Å². The summed E-state index contributed by atoms with van der Waals surface area (Å²) < 4.78 is 0. The predicted octanol–water partition coefficient (Wildman–Crippen LogP) is 2.83. The molecule has 1 heterocycles. The molecule has 13 heavy (non-hydrogen) atoms. The zero-order valence-corrected chi connectivity index (χ0v) is 9.14. The minimum absolute atomic E-state index is 0.511. The number of rotatable bonds is 5. The van der Waals surface area contributed by atoms with Crippen LogP contribution >= 0.6 is 0 Å². The van der Waals surface area contributed by atoms with Gasteiger partial charge in [-0.15, -0.1) is 0 Å². The molecule has 2 rings (SSSR count). The van der Waals surface area contributed by atoms with E-state index in [-0.39, 0.29) is 0 Å². The summed E-state index contributed by atoms with van der Waals surface area (Å²) in [5.41, 5.74) is 2.01. The number of nitrogens with zero attached hydrogens (tertiary/aromatic N) is 1. The van der Waals surface area contributed by atoms with Crippen molar-refractivity contribution in [3.63, 3.8) is 0 Å². The lowest BCUT2D eigenvalue weighted by Gasteiger charge is -2.13. The van der Waals surface area contributed by atoms with Crippen molar-refractivity contribution in [2.24, 2.45) is 5.92 Å². The minimum Gasteiger partial charge on any atom is -0.290 e. The van der Waals surface area contributed by atoms with Crippen LogP contribution < -0.4 is 0 Å². The average Bonchev–Trinajstić information content (AvgIpc) is 2.89. The highest BCUT2D eigenvalue weighted by molar-refractivity contribution is 5.46. The number of likely N-dealkylation sites (tertiary alicyclic amines) is 1. The van der Waals surface area contributed by atoms with Crippen molar-refractivity contribution in [2.45, 2.75) is 51.1 Å². The molecule has 74 valence electrons. The summed E-state index contributed by atoms with van der Waals surface area (Å²) in [6.07, 6.45) is 5.32. The summed E-state index contributed by atoms with van der Waals surface area (Å²) in [6.45, 7) is 8.83. The molecule has 3 unspecified atom stereocenters. The van der Waals surface area contributed by atoms with Crippen LogP contribution in [0.5, 0.6) is 0 Å². The van der Waals surface area contributed by atoms with E-state index < -0.39 is 0 Å². The zero-order valence-electron chi connectivity index (χ0n) is 9.14. The molecule has 1 nitrogen and oxygen atoms in total.